The molecule has 0 radical (unpaired) electrons. The molecule has 0 unspecified atom stereocenters. The molecule has 0 heterocycles. The zero-order valence-electron chi connectivity index (χ0n) is 25.5. The summed E-state index contributed by atoms with van der Waals surface area (Å²) in [4.78, 5) is 12.7. The van der Waals surface area contributed by atoms with Crippen LogP contribution in [0.4, 0.5) is 0 Å². The minimum absolute atomic E-state index is 0.0308. The highest BCUT2D eigenvalue weighted by Crippen LogP contribution is 2.41. The molecule has 0 aliphatic carbocycles. The first kappa shape index (κ1) is 31.9. The highest BCUT2D eigenvalue weighted by atomic mass is 16.5. The summed E-state index contributed by atoms with van der Waals surface area (Å²) in [6.07, 6.45) is 6.37. The van der Waals surface area contributed by atoms with Gasteiger partial charge in [-0.1, -0.05) is 89.4 Å². The first-order valence-electron chi connectivity index (χ1n) is 14.6. The number of aromatic hydroxyl groups is 1. The number of methoxy groups -OCH3 is 2. The fourth-order valence-corrected chi connectivity index (χ4v) is 4.98. The van der Waals surface area contributed by atoms with E-state index in [0.29, 0.717) is 24.3 Å². The molecule has 3 aromatic rings. The molecule has 0 fully saturated rings. The van der Waals surface area contributed by atoms with E-state index >= 15 is 0 Å². The molecule has 3 aromatic carbocycles. The monoisotopic (exact) mass is 562 g/mol. The van der Waals surface area contributed by atoms with Gasteiger partial charge >= 0.3 is 5.97 Å². The van der Waals surface area contributed by atoms with Crippen molar-refractivity contribution in [1.29, 1.82) is 0 Å². The van der Waals surface area contributed by atoms with Crippen LogP contribution in [-0.2, 0) is 29.6 Å². The lowest BCUT2D eigenvalue weighted by molar-refractivity contribution is 0.0469. The van der Waals surface area contributed by atoms with E-state index in [4.69, 9.17) is 18.9 Å². The largest absolute Gasteiger partial charge is 0.507 e. The van der Waals surface area contributed by atoms with Gasteiger partial charge in [-0.2, -0.15) is 0 Å². The molecule has 6 heteroatoms. The number of ether oxygens (including phenoxy) is 4. The van der Waals surface area contributed by atoms with Crippen molar-refractivity contribution in [1.82, 2.24) is 0 Å². The Hall–Kier alpha value is -3.67. The van der Waals surface area contributed by atoms with Crippen LogP contribution in [0.2, 0.25) is 0 Å². The van der Waals surface area contributed by atoms with Gasteiger partial charge in [0.05, 0.1) is 20.8 Å². The highest BCUT2D eigenvalue weighted by Gasteiger charge is 2.24. The Labute approximate surface area is 245 Å². The van der Waals surface area contributed by atoms with Crippen LogP contribution in [0.1, 0.15) is 92.4 Å². The molecule has 0 atom stereocenters. The normalized spacial score (nSPS) is 11.3. The summed E-state index contributed by atoms with van der Waals surface area (Å²) in [7, 11) is 3.41. The zero-order chi connectivity index (χ0) is 29.8. The average Bonchev–Trinajstić information content (AvgIpc) is 2.96. The molecule has 3 rings (SSSR count). The van der Waals surface area contributed by atoms with E-state index in [1.165, 1.54) is 0 Å². The topological polar surface area (TPSA) is 74.2 Å². The molecule has 6 nitrogen and oxygen atoms in total. The Morgan fingerprint density at radius 2 is 1.54 bits per heavy atom. The van der Waals surface area contributed by atoms with E-state index in [9.17, 15) is 9.90 Å². The van der Waals surface area contributed by atoms with Crippen molar-refractivity contribution in [2.24, 2.45) is 0 Å². The number of phenols is 1. The molecule has 0 aromatic heterocycles. The maximum Gasteiger partial charge on any atom is 0.342 e. The summed E-state index contributed by atoms with van der Waals surface area (Å²) < 4.78 is 23.0. The van der Waals surface area contributed by atoms with E-state index in [1.54, 1.807) is 26.4 Å². The number of aryl methyl sites for hydroxylation is 1. The average molecular weight is 563 g/mol. The number of carbonyl (C=O) groups excluding carboxylic acids is 1. The number of esters is 1. The molecule has 0 aliphatic heterocycles. The first-order chi connectivity index (χ1) is 19.7. The van der Waals surface area contributed by atoms with Crippen molar-refractivity contribution in [3.8, 4) is 23.0 Å². The van der Waals surface area contributed by atoms with Crippen molar-refractivity contribution in [2.45, 2.75) is 84.7 Å². The lowest BCUT2D eigenvalue weighted by Gasteiger charge is -2.25. The van der Waals surface area contributed by atoms with Crippen LogP contribution in [0.25, 0.3) is 0 Å². The summed E-state index contributed by atoms with van der Waals surface area (Å²) in [5, 5.41) is 10.9. The number of carbonyl (C=O) groups is 1. The molecule has 0 aliphatic rings. The maximum atomic E-state index is 12.7. The summed E-state index contributed by atoms with van der Waals surface area (Å²) in [5.74, 6) is 1.69. The van der Waals surface area contributed by atoms with Gasteiger partial charge in [0.2, 0.25) is 0 Å². The molecule has 1 N–H and O–H groups in total. The van der Waals surface area contributed by atoms with Gasteiger partial charge < -0.3 is 24.1 Å². The first-order valence-corrected chi connectivity index (χ1v) is 14.6. The van der Waals surface area contributed by atoms with Gasteiger partial charge in [0.1, 0.15) is 23.7 Å². The number of hydrogen-bond donors (Lipinski definition) is 1. The Morgan fingerprint density at radius 3 is 2.20 bits per heavy atom. The maximum absolute atomic E-state index is 12.7. The van der Waals surface area contributed by atoms with Gasteiger partial charge in [0.15, 0.2) is 11.5 Å². The number of unbranched alkanes of at least 4 members (excludes halogenated alkanes) is 3. The second-order valence-electron chi connectivity index (χ2n) is 11.4. The number of benzene rings is 3. The molecule has 41 heavy (non-hydrogen) atoms. The van der Waals surface area contributed by atoms with Crippen LogP contribution in [-0.4, -0.2) is 31.9 Å². The lowest BCUT2D eigenvalue weighted by atomic mass is 9.85. The fourth-order valence-electron chi connectivity index (χ4n) is 4.98. The molecular formula is C35H46O6. The predicted octanol–water partition coefficient (Wildman–Crippen LogP) is 8.20. The van der Waals surface area contributed by atoms with E-state index in [1.807, 2.05) is 37.3 Å². The SMILES string of the molecule is CCCc1c(OCCCCCCc2ccc(C(C)(C)C)c(OC)c2OC)ccc(C(=O)OCc2ccccc2)c1O. The number of phenolic OH excluding ortho intramolecular Hbond substituents is 1. The molecule has 0 spiro atoms. The minimum atomic E-state index is -0.544. The van der Waals surface area contributed by atoms with Crippen molar-refractivity contribution in [3.05, 3.63) is 82.4 Å². The lowest BCUT2D eigenvalue weighted by Crippen LogP contribution is -2.14. The quantitative estimate of drug-likeness (QED) is 0.149. The summed E-state index contributed by atoms with van der Waals surface area (Å²) >= 11 is 0. The van der Waals surface area contributed by atoms with Crippen LogP contribution in [0.5, 0.6) is 23.0 Å². The molecular weight excluding hydrogens is 516 g/mol. The fraction of sp³-hybridized carbons (Fsp3) is 0.457. The van der Waals surface area contributed by atoms with E-state index in [-0.39, 0.29) is 23.3 Å². The second-order valence-corrected chi connectivity index (χ2v) is 11.4. The minimum Gasteiger partial charge on any atom is -0.507 e. The van der Waals surface area contributed by atoms with Gasteiger partial charge in [-0.25, -0.2) is 4.79 Å². The molecule has 0 bridgehead atoms. The van der Waals surface area contributed by atoms with Crippen LogP contribution in [0.15, 0.2) is 54.6 Å². The predicted molar refractivity (Wildman–Crippen MR) is 164 cm³/mol. The molecule has 0 saturated heterocycles. The summed E-state index contributed by atoms with van der Waals surface area (Å²) in [6.45, 7) is 9.26. The Morgan fingerprint density at radius 1 is 0.829 bits per heavy atom. The van der Waals surface area contributed by atoms with Crippen molar-refractivity contribution >= 4 is 5.97 Å². The molecule has 222 valence electrons. The van der Waals surface area contributed by atoms with Crippen molar-refractivity contribution in [3.63, 3.8) is 0 Å². The van der Waals surface area contributed by atoms with E-state index in [0.717, 1.165) is 66.7 Å². The van der Waals surface area contributed by atoms with Crippen molar-refractivity contribution in [2.75, 3.05) is 20.8 Å². The standard InChI is InChI=1S/C35H46O6/c1-7-15-27-30(22-20-28(31(27)36)34(37)41-24-25-16-11-10-12-17-25)40-23-14-9-8-13-18-26-19-21-29(35(2,3)4)33(39-6)32(26)38-5/h10-12,16-17,19-22,36H,7-9,13-15,18,23-24H2,1-6H3. The zero-order valence-corrected chi connectivity index (χ0v) is 25.5. The van der Waals surface area contributed by atoms with Gasteiger partial charge in [-0.05, 0) is 54.4 Å². The van der Waals surface area contributed by atoms with Crippen molar-refractivity contribution < 1.29 is 28.8 Å². The Kier molecular flexibility index (Phi) is 11.9. The number of rotatable bonds is 15. The Balaban J connectivity index is 1.51. The third-order valence-corrected chi connectivity index (χ3v) is 7.18. The third kappa shape index (κ3) is 8.66. The van der Waals surface area contributed by atoms with Gasteiger partial charge in [-0.3, -0.25) is 0 Å². The van der Waals surface area contributed by atoms with Crippen LogP contribution < -0.4 is 14.2 Å². The van der Waals surface area contributed by atoms with Crippen LogP contribution >= 0.6 is 0 Å². The number of hydrogen-bond acceptors (Lipinski definition) is 6. The van der Waals surface area contributed by atoms with Gasteiger partial charge in [0.25, 0.3) is 0 Å². The Bertz CT molecular complexity index is 1260. The molecule has 0 amide bonds. The molecule has 0 saturated carbocycles. The highest BCUT2D eigenvalue weighted by molar-refractivity contribution is 5.93. The van der Waals surface area contributed by atoms with Gasteiger partial charge in [0, 0.05) is 11.1 Å². The van der Waals surface area contributed by atoms with Gasteiger partial charge in [-0.15, -0.1) is 0 Å². The third-order valence-electron chi connectivity index (χ3n) is 7.18. The van der Waals surface area contributed by atoms with Crippen LogP contribution in [0.3, 0.4) is 0 Å². The van der Waals surface area contributed by atoms with E-state index < -0.39 is 5.97 Å². The smallest absolute Gasteiger partial charge is 0.342 e. The second kappa shape index (κ2) is 15.4. The van der Waals surface area contributed by atoms with E-state index in [2.05, 4.69) is 32.9 Å². The van der Waals surface area contributed by atoms with Crippen LogP contribution in [0, 0.1) is 0 Å². The summed E-state index contributed by atoms with van der Waals surface area (Å²) in [6, 6.07) is 17.2. The summed E-state index contributed by atoms with van der Waals surface area (Å²) in [5.41, 5.74) is 3.99.